The van der Waals surface area contributed by atoms with Gasteiger partial charge >= 0.3 is 6.09 Å². The molecule has 1 aliphatic rings. The van der Waals surface area contributed by atoms with Crippen molar-refractivity contribution >= 4 is 34.7 Å². The molecule has 2 N–H and O–H groups in total. The summed E-state index contributed by atoms with van der Waals surface area (Å²) in [5, 5.41) is 7.64. The topological polar surface area (TPSA) is 79.8 Å². The zero-order chi connectivity index (χ0) is 19.5. The largest absolute Gasteiger partial charge is 0.415 e. The minimum absolute atomic E-state index is 0.430. The maximum atomic E-state index is 12.7. The summed E-state index contributed by atoms with van der Waals surface area (Å²) in [7, 11) is 0. The molecule has 4 rings (SSSR count). The number of aliphatic imine (C=N–C) groups is 1. The summed E-state index contributed by atoms with van der Waals surface area (Å²) in [6, 6.07) is 18.8. The third-order valence-corrected chi connectivity index (χ3v) is 4.93. The first kappa shape index (κ1) is 17.9. The summed E-state index contributed by atoms with van der Waals surface area (Å²) < 4.78 is 5.20. The number of aryl methyl sites for hydroxylation is 1. The number of hydrogen-bond acceptors (Lipinski definition) is 5. The number of amides is 2. The summed E-state index contributed by atoms with van der Waals surface area (Å²) in [6.07, 6.45) is -1.85. The summed E-state index contributed by atoms with van der Waals surface area (Å²) in [5.41, 5.74) is 3.93. The number of benzene rings is 2. The van der Waals surface area contributed by atoms with Gasteiger partial charge in [0.1, 0.15) is 0 Å². The fourth-order valence-corrected chi connectivity index (χ4v) is 3.48. The highest BCUT2D eigenvalue weighted by Crippen LogP contribution is 2.25. The molecule has 140 valence electrons. The number of carbonyl (C=O) groups excluding carboxylic acids is 2. The first-order valence-corrected chi connectivity index (χ1v) is 9.55. The highest BCUT2D eigenvalue weighted by Gasteiger charge is 2.27. The molecule has 0 bridgehead atoms. The molecule has 1 atom stereocenters. The van der Waals surface area contributed by atoms with E-state index in [0.29, 0.717) is 16.5 Å². The standard InChI is InChI=1S/C21H17N3O3S/c1-13-9-10-15-16(12-13)22-20(25)19(23-18(15)14-6-3-2-4-7-14)24-21(26)27-17-8-5-11-28-17/h2-12,19H,1H3,(H,22,25)(H,24,26). The molecule has 0 saturated heterocycles. The molecule has 7 heteroatoms. The molecule has 28 heavy (non-hydrogen) atoms. The molecule has 2 heterocycles. The number of carbonyl (C=O) groups is 2. The second-order valence-corrected chi connectivity index (χ2v) is 7.16. The highest BCUT2D eigenvalue weighted by atomic mass is 32.1. The third-order valence-electron chi connectivity index (χ3n) is 4.18. The molecule has 3 aromatic rings. The Kier molecular flexibility index (Phi) is 4.90. The van der Waals surface area contributed by atoms with Gasteiger partial charge in [-0.1, -0.05) is 42.5 Å². The lowest BCUT2D eigenvalue weighted by molar-refractivity contribution is -0.117. The van der Waals surface area contributed by atoms with Crippen molar-refractivity contribution in [2.24, 2.45) is 4.99 Å². The zero-order valence-electron chi connectivity index (χ0n) is 15.0. The second kappa shape index (κ2) is 7.66. The Balaban J connectivity index is 1.70. The van der Waals surface area contributed by atoms with Gasteiger partial charge in [-0.2, -0.15) is 0 Å². The Morgan fingerprint density at radius 3 is 2.71 bits per heavy atom. The van der Waals surface area contributed by atoms with E-state index in [1.54, 1.807) is 17.5 Å². The van der Waals surface area contributed by atoms with Crippen molar-refractivity contribution in [1.29, 1.82) is 0 Å². The quantitative estimate of drug-likeness (QED) is 0.709. The minimum atomic E-state index is -1.12. The number of ether oxygens (including phenoxy) is 1. The van der Waals surface area contributed by atoms with Gasteiger partial charge in [0, 0.05) is 11.1 Å². The van der Waals surface area contributed by atoms with Crippen LogP contribution in [0.15, 0.2) is 71.0 Å². The Labute approximate surface area is 165 Å². The maximum absolute atomic E-state index is 12.7. The van der Waals surface area contributed by atoms with Crippen LogP contribution in [-0.2, 0) is 4.79 Å². The van der Waals surface area contributed by atoms with Crippen LogP contribution >= 0.6 is 11.3 Å². The van der Waals surface area contributed by atoms with Crippen LogP contribution in [-0.4, -0.2) is 23.9 Å². The summed E-state index contributed by atoms with van der Waals surface area (Å²) >= 11 is 1.29. The molecule has 1 aliphatic heterocycles. The number of nitrogens with one attached hydrogen (secondary N) is 2. The van der Waals surface area contributed by atoms with Crippen LogP contribution < -0.4 is 15.4 Å². The number of hydrogen-bond donors (Lipinski definition) is 2. The normalized spacial score (nSPS) is 15.7. The predicted octanol–water partition coefficient (Wildman–Crippen LogP) is 3.96. The molecule has 2 aromatic carbocycles. The smallest absolute Gasteiger partial charge is 0.399 e. The average Bonchev–Trinajstić information content (AvgIpc) is 3.14. The van der Waals surface area contributed by atoms with Crippen molar-refractivity contribution in [1.82, 2.24) is 5.32 Å². The molecule has 2 amide bonds. The van der Waals surface area contributed by atoms with Crippen LogP contribution in [0.25, 0.3) is 0 Å². The molecule has 1 unspecified atom stereocenters. The number of anilines is 1. The van der Waals surface area contributed by atoms with E-state index in [1.807, 2.05) is 55.5 Å². The molecule has 1 aromatic heterocycles. The van der Waals surface area contributed by atoms with Crippen molar-refractivity contribution in [3.63, 3.8) is 0 Å². The maximum Gasteiger partial charge on any atom is 0.415 e. The zero-order valence-corrected chi connectivity index (χ0v) is 15.8. The lowest BCUT2D eigenvalue weighted by atomic mass is 9.99. The lowest BCUT2D eigenvalue weighted by Crippen LogP contribution is -2.43. The van der Waals surface area contributed by atoms with Crippen molar-refractivity contribution in [3.8, 4) is 5.06 Å². The minimum Gasteiger partial charge on any atom is -0.399 e. The van der Waals surface area contributed by atoms with E-state index in [0.717, 1.165) is 16.7 Å². The SMILES string of the molecule is Cc1ccc2c(c1)NC(=O)C(NC(=O)Oc1cccs1)N=C2c1ccccc1. The van der Waals surface area contributed by atoms with Crippen molar-refractivity contribution in [2.45, 2.75) is 13.1 Å². The van der Waals surface area contributed by atoms with Gasteiger partial charge in [-0.15, -0.1) is 11.3 Å². The van der Waals surface area contributed by atoms with Crippen LogP contribution in [0.2, 0.25) is 0 Å². The Morgan fingerprint density at radius 1 is 1.14 bits per heavy atom. The van der Waals surface area contributed by atoms with Crippen LogP contribution in [0, 0.1) is 6.92 Å². The van der Waals surface area contributed by atoms with Gasteiger partial charge in [0.05, 0.1) is 11.4 Å². The number of nitrogens with zero attached hydrogens (tertiary/aromatic N) is 1. The molecule has 0 fully saturated rings. The fourth-order valence-electron chi connectivity index (χ4n) is 2.90. The summed E-state index contributed by atoms with van der Waals surface area (Å²) in [4.78, 5) is 29.5. The number of benzodiazepines with no additional fused rings is 1. The molecule has 0 aliphatic carbocycles. The monoisotopic (exact) mass is 391 g/mol. The first-order chi connectivity index (χ1) is 13.6. The van der Waals surface area contributed by atoms with Crippen molar-refractivity contribution in [2.75, 3.05) is 5.32 Å². The molecule has 0 spiro atoms. The van der Waals surface area contributed by atoms with Crippen LogP contribution in [0.1, 0.15) is 16.7 Å². The predicted molar refractivity (Wildman–Crippen MR) is 109 cm³/mol. The van der Waals surface area contributed by atoms with Gasteiger partial charge in [-0.05, 0) is 36.1 Å². The van der Waals surface area contributed by atoms with E-state index in [9.17, 15) is 9.59 Å². The Bertz CT molecular complexity index is 1050. The van der Waals surface area contributed by atoms with Gasteiger partial charge in [0.25, 0.3) is 5.91 Å². The van der Waals surface area contributed by atoms with Gasteiger partial charge in [-0.25, -0.2) is 9.79 Å². The third kappa shape index (κ3) is 3.79. The van der Waals surface area contributed by atoms with Crippen molar-refractivity contribution in [3.05, 3.63) is 82.7 Å². The van der Waals surface area contributed by atoms with E-state index in [1.165, 1.54) is 11.3 Å². The van der Waals surface area contributed by atoms with Gasteiger partial charge in [0.2, 0.25) is 6.17 Å². The number of thiophene rings is 1. The van der Waals surface area contributed by atoms with Gasteiger partial charge in [-0.3, -0.25) is 10.1 Å². The van der Waals surface area contributed by atoms with E-state index in [-0.39, 0.29) is 0 Å². The molecule has 6 nitrogen and oxygen atoms in total. The number of rotatable bonds is 3. The summed E-state index contributed by atoms with van der Waals surface area (Å²) in [6.45, 7) is 1.95. The molecule has 0 saturated carbocycles. The second-order valence-electron chi connectivity index (χ2n) is 6.25. The molecular formula is C21H17N3O3S. The average molecular weight is 391 g/mol. The Hall–Kier alpha value is -3.45. The van der Waals surface area contributed by atoms with E-state index in [4.69, 9.17) is 4.74 Å². The van der Waals surface area contributed by atoms with E-state index < -0.39 is 18.2 Å². The molecule has 0 radical (unpaired) electrons. The van der Waals surface area contributed by atoms with Gasteiger partial charge in [0.15, 0.2) is 5.06 Å². The molecular weight excluding hydrogens is 374 g/mol. The summed E-state index contributed by atoms with van der Waals surface area (Å²) in [5.74, 6) is -0.430. The lowest BCUT2D eigenvalue weighted by Gasteiger charge is -2.12. The van der Waals surface area contributed by atoms with Gasteiger partial charge < -0.3 is 10.1 Å². The first-order valence-electron chi connectivity index (χ1n) is 8.67. The van der Waals surface area contributed by atoms with Crippen LogP contribution in [0.5, 0.6) is 5.06 Å². The van der Waals surface area contributed by atoms with Crippen LogP contribution in [0.3, 0.4) is 0 Å². The van der Waals surface area contributed by atoms with E-state index >= 15 is 0 Å². The highest BCUT2D eigenvalue weighted by molar-refractivity contribution is 7.11. The Morgan fingerprint density at radius 2 is 1.96 bits per heavy atom. The van der Waals surface area contributed by atoms with Crippen molar-refractivity contribution < 1.29 is 14.3 Å². The fraction of sp³-hybridized carbons (Fsp3) is 0.0952. The van der Waals surface area contributed by atoms with Crippen LogP contribution in [0.4, 0.5) is 10.5 Å². The van der Waals surface area contributed by atoms with E-state index in [2.05, 4.69) is 15.6 Å². The number of fused-ring (bicyclic) bond motifs is 1.